The Labute approximate surface area is 158 Å². The Morgan fingerprint density at radius 3 is 3.00 bits per heavy atom. The monoisotopic (exact) mass is 362 g/mol. The third kappa shape index (κ3) is 3.31. The van der Waals surface area contributed by atoms with Crippen molar-refractivity contribution in [3.63, 3.8) is 0 Å². The molecule has 0 saturated carbocycles. The summed E-state index contributed by atoms with van der Waals surface area (Å²) in [6, 6.07) is 7.92. The third-order valence-corrected chi connectivity index (χ3v) is 5.26. The Hall–Kier alpha value is -3.14. The minimum Gasteiger partial charge on any atom is -0.341 e. The molecule has 2 aliphatic heterocycles. The number of hydrogen-bond donors (Lipinski definition) is 1. The van der Waals surface area contributed by atoms with Crippen LogP contribution in [0.4, 0.5) is 23.1 Å². The second kappa shape index (κ2) is 6.88. The number of nitrogens with zero attached hydrogens (tertiary/aromatic N) is 5. The van der Waals surface area contributed by atoms with Gasteiger partial charge in [-0.05, 0) is 42.5 Å². The molecule has 0 bridgehead atoms. The Bertz CT molecular complexity index is 935. The van der Waals surface area contributed by atoms with Gasteiger partial charge in [-0.1, -0.05) is 6.92 Å². The third-order valence-electron chi connectivity index (χ3n) is 5.26. The lowest BCUT2D eigenvalue weighted by molar-refractivity contribution is -0.117. The van der Waals surface area contributed by atoms with Gasteiger partial charge in [0.25, 0.3) is 0 Å². The number of piperidine rings is 1. The van der Waals surface area contributed by atoms with Crippen LogP contribution in [0.5, 0.6) is 0 Å². The maximum absolute atomic E-state index is 11.9. The van der Waals surface area contributed by atoms with E-state index in [1.807, 2.05) is 18.2 Å². The molecule has 7 heteroatoms. The lowest BCUT2D eigenvalue weighted by Crippen LogP contribution is -2.35. The van der Waals surface area contributed by atoms with Crippen molar-refractivity contribution in [1.82, 2.24) is 9.97 Å². The molecule has 1 aromatic heterocycles. The number of carbonyl (C=O) groups is 1. The molecule has 138 valence electrons. The summed E-state index contributed by atoms with van der Waals surface area (Å²) in [5.74, 6) is 1.85. The van der Waals surface area contributed by atoms with Crippen LogP contribution >= 0.6 is 0 Å². The van der Waals surface area contributed by atoms with E-state index in [2.05, 4.69) is 33.2 Å². The number of aromatic nitrogens is 2. The molecule has 1 saturated heterocycles. The van der Waals surface area contributed by atoms with Crippen LogP contribution in [-0.4, -0.2) is 36.0 Å². The molecule has 2 aliphatic rings. The van der Waals surface area contributed by atoms with Crippen molar-refractivity contribution in [2.24, 2.45) is 5.92 Å². The van der Waals surface area contributed by atoms with Crippen LogP contribution in [0.1, 0.15) is 30.9 Å². The van der Waals surface area contributed by atoms with Crippen LogP contribution in [0, 0.1) is 17.2 Å². The zero-order chi connectivity index (χ0) is 19.0. The molecule has 1 atom stereocenters. The molecule has 27 heavy (non-hydrogen) atoms. The van der Waals surface area contributed by atoms with E-state index in [1.54, 1.807) is 18.1 Å². The van der Waals surface area contributed by atoms with Gasteiger partial charge < -0.3 is 15.1 Å². The number of amides is 1. The number of nitriles is 1. The van der Waals surface area contributed by atoms with Crippen molar-refractivity contribution in [3.05, 3.63) is 35.5 Å². The Morgan fingerprint density at radius 1 is 1.37 bits per heavy atom. The van der Waals surface area contributed by atoms with E-state index in [0.717, 1.165) is 36.4 Å². The first-order chi connectivity index (χ1) is 13.0. The van der Waals surface area contributed by atoms with Crippen molar-refractivity contribution in [2.75, 3.05) is 35.3 Å². The summed E-state index contributed by atoms with van der Waals surface area (Å²) >= 11 is 0. The highest BCUT2D eigenvalue weighted by Gasteiger charge is 2.24. The van der Waals surface area contributed by atoms with E-state index in [1.165, 1.54) is 6.42 Å². The molecule has 7 nitrogen and oxygen atoms in total. The summed E-state index contributed by atoms with van der Waals surface area (Å²) in [6.07, 6.45) is 4.32. The number of rotatable bonds is 3. The summed E-state index contributed by atoms with van der Waals surface area (Å²) in [5, 5.41) is 12.7. The number of carbonyl (C=O) groups excluding carboxylic acids is 1. The van der Waals surface area contributed by atoms with E-state index in [0.29, 0.717) is 29.7 Å². The van der Waals surface area contributed by atoms with Crippen LogP contribution in [0.2, 0.25) is 0 Å². The molecule has 1 unspecified atom stereocenters. The lowest BCUT2D eigenvalue weighted by Gasteiger charge is -2.31. The number of likely N-dealkylation sites (N-methyl/N-ethyl adjacent to an activating group) is 1. The number of hydrogen-bond acceptors (Lipinski definition) is 6. The summed E-state index contributed by atoms with van der Waals surface area (Å²) in [7, 11) is 1.78. The van der Waals surface area contributed by atoms with Gasteiger partial charge >= 0.3 is 0 Å². The molecule has 1 N–H and O–H groups in total. The molecule has 0 spiro atoms. The van der Waals surface area contributed by atoms with Crippen LogP contribution < -0.4 is 15.1 Å². The van der Waals surface area contributed by atoms with Gasteiger partial charge in [0, 0.05) is 31.5 Å². The Balaban J connectivity index is 1.62. The van der Waals surface area contributed by atoms with Crippen molar-refractivity contribution in [3.8, 4) is 6.07 Å². The number of nitrogens with one attached hydrogen (secondary N) is 1. The van der Waals surface area contributed by atoms with Gasteiger partial charge in [0.05, 0.1) is 12.6 Å². The molecule has 1 aromatic carbocycles. The molecule has 4 rings (SSSR count). The van der Waals surface area contributed by atoms with Gasteiger partial charge in [0.15, 0.2) is 5.82 Å². The molecule has 0 radical (unpaired) electrons. The highest BCUT2D eigenvalue weighted by molar-refractivity contribution is 6.01. The quantitative estimate of drug-likeness (QED) is 0.904. The molecule has 0 aliphatic carbocycles. The first kappa shape index (κ1) is 17.3. The van der Waals surface area contributed by atoms with E-state index < -0.39 is 0 Å². The van der Waals surface area contributed by atoms with Crippen molar-refractivity contribution in [2.45, 2.75) is 26.2 Å². The lowest BCUT2D eigenvalue weighted by atomic mass is 10.0. The normalized spacial score (nSPS) is 19.0. The van der Waals surface area contributed by atoms with Gasteiger partial charge in [0.1, 0.15) is 11.6 Å². The van der Waals surface area contributed by atoms with E-state index in [4.69, 9.17) is 0 Å². The fourth-order valence-corrected chi connectivity index (χ4v) is 3.76. The van der Waals surface area contributed by atoms with Crippen LogP contribution in [0.3, 0.4) is 0 Å². The zero-order valence-corrected chi connectivity index (χ0v) is 15.6. The largest absolute Gasteiger partial charge is 0.341 e. The van der Waals surface area contributed by atoms with Crippen molar-refractivity contribution < 1.29 is 4.79 Å². The maximum Gasteiger partial charge on any atom is 0.231 e. The van der Waals surface area contributed by atoms with Gasteiger partial charge in [-0.25, -0.2) is 4.98 Å². The topological polar surface area (TPSA) is 85.2 Å². The summed E-state index contributed by atoms with van der Waals surface area (Å²) < 4.78 is 0. The first-order valence-corrected chi connectivity index (χ1v) is 9.23. The van der Waals surface area contributed by atoms with Gasteiger partial charge in [-0.15, -0.1) is 0 Å². The molecule has 2 aromatic rings. The fraction of sp³-hybridized carbons (Fsp3) is 0.400. The van der Waals surface area contributed by atoms with E-state index in [9.17, 15) is 10.1 Å². The van der Waals surface area contributed by atoms with E-state index >= 15 is 0 Å². The standard InChI is InChI=1S/C20H22N6O/c1-13-4-3-7-26(12-13)20-22-11-15(10-21)19(24-20)23-16-5-6-17-14(8-16)9-18(27)25(17)2/h5-6,8,11,13H,3-4,7,9,12H2,1-2H3,(H,22,23,24). The summed E-state index contributed by atoms with van der Waals surface area (Å²) in [6.45, 7) is 4.10. The molecular formula is C20H22N6O. The predicted octanol–water partition coefficient (Wildman–Crippen LogP) is 2.85. The molecule has 1 amide bonds. The van der Waals surface area contributed by atoms with Gasteiger partial charge in [-0.2, -0.15) is 10.2 Å². The van der Waals surface area contributed by atoms with Gasteiger partial charge in [-0.3, -0.25) is 4.79 Å². The smallest absolute Gasteiger partial charge is 0.231 e. The predicted molar refractivity (Wildman–Crippen MR) is 104 cm³/mol. The highest BCUT2D eigenvalue weighted by Crippen LogP contribution is 2.31. The second-order valence-corrected chi connectivity index (χ2v) is 7.34. The van der Waals surface area contributed by atoms with Crippen LogP contribution in [0.25, 0.3) is 0 Å². The minimum atomic E-state index is 0.0865. The molecule has 3 heterocycles. The second-order valence-electron chi connectivity index (χ2n) is 7.34. The Kier molecular flexibility index (Phi) is 4.40. The zero-order valence-electron chi connectivity index (χ0n) is 15.6. The average molecular weight is 362 g/mol. The number of benzene rings is 1. The van der Waals surface area contributed by atoms with Gasteiger partial charge in [0.2, 0.25) is 11.9 Å². The van der Waals surface area contributed by atoms with Crippen LogP contribution in [-0.2, 0) is 11.2 Å². The molecule has 1 fully saturated rings. The van der Waals surface area contributed by atoms with Crippen molar-refractivity contribution in [1.29, 1.82) is 5.26 Å². The Morgan fingerprint density at radius 2 is 2.22 bits per heavy atom. The van der Waals surface area contributed by atoms with E-state index in [-0.39, 0.29) is 5.91 Å². The fourth-order valence-electron chi connectivity index (χ4n) is 3.76. The highest BCUT2D eigenvalue weighted by atomic mass is 16.2. The van der Waals surface area contributed by atoms with Crippen LogP contribution in [0.15, 0.2) is 24.4 Å². The number of fused-ring (bicyclic) bond motifs is 1. The molecular weight excluding hydrogens is 340 g/mol. The maximum atomic E-state index is 11.9. The van der Waals surface area contributed by atoms with Crippen molar-refractivity contribution >= 4 is 29.0 Å². The average Bonchev–Trinajstić information content (AvgIpc) is 2.95. The first-order valence-electron chi connectivity index (χ1n) is 9.23. The SMILES string of the molecule is CC1CCCN(c2ncc(C#N)c(Nc3ccc4c(c3)CC(=O)N4C)n2)C1. The number of anilines is 4. The summed E-state index contributed by atoms with van der Waals surface area (Å²) in [4.78, 5) is 24.7. The summed E-state index contributed by atoms with van der Waals surface area (Å²) in [5.41, 5.74) is 3.12. The minimum absolute atomic E-state index is 0.0865.